The predicted molar refractivity (Wildman–Crippen MR) is 109 cm³/mol. The number of hydrogen-bond donors (Lipinski definition) is 0. The number of fused-ring (bicyclic) bond motifs is 1. The average Bonchev–Trinajstić information content (AvgIpc) is 2.71. The van der Waals surface area contributed by atoms with Crippen molar-refractivity contribution in [3.8, 4) is 0 Å². The van der Waals surface area contributed by atoms with Crippen LogP contribution in [-0.4, -0.2) is 31.5 Å². The third-order valence-corrected chi connectivity index (χ3v) is 6.86. The second-order valence-corrected chi connectivity index (χ2v) is 9.01. The number of benzene rings is 2. The van der Waals surface area contributed by atoms with Crippen molar-refractivity contribution in [3.63, 3.8) is 0 Å². The lowest BCUT2D eigenvalue weighted by molar-refractivity contribution is -0.140. The molecule has 0 amide bonds. The maximum Gasteiger partial charge on any atom is 0.314 e. The van der Waals surface area contributed by atoms with Crippen LogP contribution in [0, 0.1) is 12.8 Å². The molecule has 1 aliphatic heterocycles. The minimum absolute atomic E-state index is 0.00472. The molecule has 0 spiro atoms. The second-order valence-electron chi connectivity index (χ2n) is 7.07. The molecule has 1 heterocycles. The fourth-order valence-electron chi connectivity index (χ4n) is 2.98. The third-order valence-electron chi connectivity index (χ3n) is 5.05. The fourth-order valence-corrected chi connectivity index (χ4v) is 4.37. The fraction of sp³-hybridized carbons (Fsp3) is 0.273. The molecular formula is C22H23NO5S. The Labute approximate surface area is 170 Å². The van der Waals surface area contributed by atoms with E-state index in [0.717, 1.165) is 9.87 Å². The average molecular weight is 413 g/mol. The molecular weight excluding hydrogens is 390 g/mol. The highest BCUT2D eigenvalue weighted by atomic mass is 32.2. The summed E-state index contributed by atoms with van der Waals surface area (Å²) in [6, 6.07) is 13.0. The Morgan fingerprint density at radius 1 is 1.07 bits per heavy atom. The van der Waals surface area contributed by atoms with Gasteiger partial charge < -0.3 is 4.74 Å². The Balaban J connectivity index is 2.25. The van der Waals surface area contributed by atoms with Crippen LogP contribution in [0.1, 0.15) is 41.8 Å². The molecule has 1 atom stereocenters. The summed E-state index contributed by atoms with van der Waals surface area (Å²) in [6.45, 7) is 5.46. The molecule has 0 N–H and O–H groups in total. The van der Waals surface area contributed by atoms with Crippen molar-refractivity contribution in [2.75, 3.05) is 7.05 Å². The maximum absolute atomic E-state index is 13.3. The zero-order valence-corrected chi connectivity index (χ0v) is 17.6. The van der Waals surface area contributed by atoms with E-state index in [1.807, 2.05) is 13.8 Å². The summed E-state index contributed by atoms with van der Waals surface area (Å²) in [5, 5.41) is 0. The standard InChI is InChI=1S/C22H23NO5S/c1-5-15(3)22(25)28-21-17-8-6-7-9-18(17)29(26,27)23(4)19(21)20(24)16-12-10-14(2)11-13-16/h6-13,15H,5H2,1-4H3. The van der Waals surface area contributed by atoms with E-state index in [1.54, 1.807) is 49.4 Å². The van der Waals surface area contributed by atoms with E-state index in [4.69, 9.17) is 4.74 Å². The number of sulfonamides is 1. The summed E-state index contributed by atoms with van der Waals surface area (Å²) in [4.78, 5) is 25.8. The Bertz CT molecular complexity index is 1100. The van der Waals surface area contributed by atoms with Gasteiger partial charge in [-0.05, 0) is 25.5 Å². The summed E-state index contributed by atoms with van der Waals surface area (Å²) in [5.41, 5.74) is 1.31. The van der Waals surface area contributed by atoms with Crippen LogP contribution in [-0.2, 0) is 19.6 Å². The number of rotatable bonds is 5. The molecule has 152 valence electrons. The van der Waals surface area contributed by atoms with E-state index < -0.39 is 27.7 Å². The number of carbonyl (C=O) groups excluding carboxylic acids is 2. The molecule has 0 saturated carbocycles. The van der Waals surface area contributed by atoms with Crippen molar-refractivity contribution in [1.29, 1.82) is 0 Å². The lowest BCUT2D eigenvalue weighted by Gasteiger charge is -2.30. The predicted octanol–water partition coefficient (Wildman–Crippen LogP) is 3.77. The molecule has 3 rings (SSSR count). The van der Waals surface area contributed by atoms with E-state index in [2.05, 4.69) is 0 Å². The van der Waals surface area contributed by atoms with Crippen LogP contribution in [0.3, 0.4) is 0 Å². The van der Waals surface area contributed by atoms with Gasteiger partial charge in [0.05, 0.1) is 10.8 Å². The SMILES string of the molecule is CCC(C)C(=O)OC1=C(C(=O)c2ccc(C)cc2)N(C)S(=O)(=O)c2ccccc21. The zero-order chi connectivity index (χ0) is 21.3. The first-order chi connectivity index (χ1) is 13.7. The molecule has 6 nitrogen and oxygen atoms in total. The van der Waals surface area contributed by atoms with Gasteiger partial charge in [0.2, 0.25) is 5.78 Å². The quantitative estimate of drug-likeness (QED) is 0.551. The number of nitrogens with zero attached hydrogens (tertiary/aromatic N) is 1. The van der Waals surface area contributed by atoms with Gasteiger partial charge in [0, 0.05) is 18.2 Å². The number of allylic oxidation sites excluding steroid dienone is 1. The number of hydrogen-bond acceptors (Lipinski definition) is 5. The summed E-state index contributed by atoms with van der Waals surface area (Å²) in [5.74, 6) is -1.47. The molecule has 7 heteroatoms. The zero-order valence-electron chi connectivity index (χ0n) is 16.8. The van der Waals surface area contributed by atoms with Gasteiger partial charge in [0.15, 0.2) is 5.76 Å². The van der Waals surface area contributed by atoms with Crippen LogP contribution in [0.2, 0.25) is 0 Å². The lowest BCUT2D eigenvalue weighted by Crippen LogP contribution is -2.36. The molecule has 29 heavy (non-hydrogen) atoms. The molecule has 2 aromatic carbocycles. The summed E-state index contributed by atoms with van der Waals surface area (Å²) in [7, 11) is -2.67. The van der Waals surface area contributed by atoms with Crippen LogP contribution >= 0.6 is 0 Å². The van der Waals surface area contributed by atoms with Crippen LogP contribution in [0.15, 0.2) is 59.1 Å². The highest BCUT2D eigenvalue weighted by Crippen LogP contribution is 2.38. The Hall–Kier alpha value is -2.93. The minimum atomic E-state index is -3.96. The summed E-state index contributed by atoms with van der Waals surface area (Å²) in [6.07, 6.45) is 0.559. The molecule has 0 aromatic heterocycles. The van der Waals surface area contributed by atoms with Gasteiger partial charge in [0.1, 0.15) is 5.70 Å². The molecule has 0 fully saturated rings. The Kier molecular flexibility index (Phi) is 5.61. The van der Waals surface area contributed by atoms with Gasteiger partial charge in [-0.25, -0.2) is 8.42 Å². The minimum Gasteiger partial charge on any atom is -0.423 e. The molecule has 2 aromatic rings. The first-order valence-electron chi connectivity index (χ1n) is 9.34. The first-order valence-corrected chi connectivity index (χ1v) is 10.8. The number of Topliss-reactive ketones (excluding diaryl/α,β-unsaturated/α-hetero) is 1. The largest absolute Gasteiger partial charge is 0.423 e. The van der Waals surface area contributed by atoms with Gasteiger partial charge in [-0.1, -0.05) is 55.8 Å². The van der Waals surface area contributed by atoms with Gasteiger partial charge in [-0.2, -0.15) is 0 Å². The third kappa shape index (κ3) is 3.70. The summed E-state index contributed by atoms with van der Waals surface area (Å²) < 4.78 is 32.6. The summed E-state index contributed by atoms with van der Waals surface area (Å²) >= 11 is 0. The monoisotopic (exact) mass is 413 g/mol. The van der Waals surface area contributed by atoms with E-state index in [0.29, 0.717) is 12.0 Å². The van der Waals surface area contributed by atoms with E-state index in [-0.39, 0.29) is 21.9 Å². The number of likely N-dealkylation sites (N-methyl/N-ethyl adjacent to an activating group) is 1. The Morgan fingerprint density at radius 3 is 2.31 bits per heavy atom. The van der Waals surface area contributed by atoms with Crippen LogP contribution in [0.4, 0.5) is 0 Å². The number of carbonyl (C=O) groups is 2. The van der Waals surface area contributed by atoms with Crippen molar-refractivity contribution in [3.05, 3.63) is 70.9 Å². The second kappa shape index (κ2) is 7.83. The molecule has 1 aliphatic rings. The van der Waals surface area contributed by atoms with Gasteiger partial charge in [-0.15, -0.1) is 0 Å². The van der Waals surface area contributed by atoms with E-state index in [1.165, 1.54) is 13.1 Å². The number of aryl methyl sites for hydroxylation is 1. The van der Waals surface area contributed by atoms with E-state index >= 15 is 0 Å². The van der Waals surface area contributed by atoms with Gasteiger partial charge in [0.25, 0.3) is 10.0 Å². The molecule has 0 bridgehead atoms. The van der Waals surface area contributed by atoms with Crippen molar-refractivity contribution in [2.24, 2.45) is 5.92 Å². The van der Waals surface area contributed by atoms with Crippen molar-refractivity contribution in [2.45, 2.75) is 32.1 Å². The highest BCUT2D eigenvalue weighted by Gasteiger charge is 2.40. The topological polar surface area (TPSA) is 80.8 Å². The maximum atomic E-state index is 13.3. The van der Waals surface area contributed by atoms with Crippen LogP contribution < -0.4 is 0 Å². The number of esters is 1. The van der Waals surface area contributed by atoms with Crippen molar-refractivity contribution in [1.82, 2.24) is 4.31 Å². The lowest BCUT2D eigenvalue weighted by atomic mass is 10.0. The Morgan fingerprint density at radius 2 is 1.69 bits per heavy atom. The van der Waals surface area contributed by atoms with Crippen LogP contribution in [0.25, 0.3) is 5.76 Å². The van der Waals surface area contributed by atoms with E-state index in [9.17, 15) is 18.0 Å². The van der Waals surface area contributed by atoms with Crippen LogP contribution in [0.5, 0.6) is 0 Å². The smallest absolute Gasteiger partial charge is 0.314 e. The number of ether oxygens (including phenoxy) is 1. The highest BCUT2D eigenvalue weighted by molar-refractivity contribution is 7.89. The molecule has 0 saturated heterocycles. The molecule has 1 unspecified atom stereocenters. The first kappa shape index (κ1) is 20.8. The van der Waals surface area contributed by atoms with Gasteiger partial charge >= 0.3 is 5.97 Å². The van der Waals surface area contributed by atoms with Gasteiger partial charge in [-0.3, -0.25) is 13.9 Å². The van der Waals surface area contributed by atoms with Crippen molar-refractivity contribution < 1.29 is 22.7 Å². The molecule has 0 radical (unpaired) electrons. The molecule has 0 aliphatic carbocycles. The normalized spacial score (nSPS) is 16.2. The van der Waals surface area contributed by atoms with Crippen molar-refractivity contribution >= 4 is 27.5 Å². The number of ketones is 1.